The molecule has 2 aromatic rings. The third kappa shape index (κ3) is 3.78. The molecule has 5 heteroatoms. The Morgan fingerprint density at radius 3 is 2.47 bits per heavy atom. The number of nitrogens with zero attached hydrogens (tertiary/aromatic N) is 2. The minimum absolute atomic E-state index is 0.118. The Balaban J connectivity index is 2.21. The second kappa shape index (κ2) is 6.50. The van der Waals surface area contributed by atoms with Gasteiger partial charge in [0.15, 0.2) is 5.16 Å². The highest BCUT2D eigenvalue weighted by atomic mass is 32.2. The molecule has 2 aromatic heterocycles. The largest absolute Gasteiger partial charge is 0.326 e. The first-order valence-corrected chi connectivity index (χ1v) is 8.07. The summed E-state index contributed by atoms with van der Waals surface area (Å²) in [5.74, 6) is 0. The van der Waals surface area contributed by atoms with Crippen LogP contribution in [0.25, 0.3) is 0 Å². The van der Waals surface area contributed by atoms with Gasteiger partial charge in [-0.25, -0.2) is 9.97 Å². The van der Waals surface area contributed by atoms with E-state index in [0.29, 0.717) is 0 Å². The lowest BCUT2D eigenvalue weighted by Crippen LogP contribution is -2.25. The maximum Gasteiger partial charge on any atom is 0.188 e. The van der Waals surface area contributed by atoms with Crippen molar-refractivity contribution >= 4 is 23.1 Å². The Labute approximate surface area is 122 Å². The van der Waals surface area contributed by atoms with Crippen LogP contribution in [0.5, 0.6) is 0 Å². The van der Waals surface area contributed by atoms with Gasteiger partial charge in [-0.3, -0.25) is 0 Å². The summed E-state index contributed by atoms with van der Waals surface area (Å²) in [6.45, 7) is 6.23. The van der Waals surface area contributed by atoms with Crippen LogP contribution in [0.1, 0.15) is 33.9 Å². The van der Waals surface area contributed by atoms with Gasteiger partial charge in [0.1, 0.15) is 0 Å². The monoisotopic (exact) mass is 293 g/mol. The quantitative estimate of drug-likeness (QED) is 0.674. The molecule has 0 radical (unpaired) electrons. The summed E-state index contributed by atoms with van der Waals surface area (Å²) in [7, 11) is 0. The lowest BCUT2D eigenvalue weighted by atomic mass is 10.1. The number of thioether (sulfide) groups is 1. The molecule has 0 aliphatic carbocycles. The molecule has 0 saturated heterocycles. The zero-order valence-corrected chi connectivity index (χ0v) is 13.1. The molecule has 2 unspecified atom stereocenters. The van der Waals surface area contributed by atoms with Crippen LogP contribution in [0.2, 0.25) is 0 Å². The van der Waals surface area contributed by atoms with E-state index >= 15 is 0 Å². The molecule has 2 heterocycles. The van der Waals surface area contributed by atoms with Crippen LogP contribution >= 0.6 is 23.1 Å². The van der Waals surface area contributed by atoms with Crippen molar-refractivity contribution in [3.05, 3.63) is 39.8 Å². The molecule has 0 aliphatic rings. The first-order chi connectivity index (χ1) is 9.10. The van der Waals surface area contributed by atoms with E-state index in [1.165, 1.54) is 9.75 Å². The predicted octanol–water partition coefficient (Wildman–Crippen LogP) is 3.73. The van der Waals surface area contributed by atoms with E-state index in [1.54, 1.807) is 23.1 Å². The fraction of sp³-hybridized carbons (Fsp3) is 0.429. The first-order valence-electron chi connectivity index (χ1n) is 6.37. The standard InChI is InChI=1S/C14H19N3S2/c1-4-11(15)13(12-6-5-10(3)18-12)19-14-16-7-9(2)8-17-14/h5-8,11,13H,4,15H2,1-3H3. The molecule has 0 saturated carbocycles. The highest BCUT2D eigenvalue weighted by molar-refractivity contribution is 7.99. The van der Waals surface area contributed by atoms with Crippen molar-refractivity contribution in [1.29, 1.82) is 0 Å². The average molecular weight is 293 g/mol. The van der Waals surface area contributed by atoms with Gasteiger partial charge in [0.25, 0.3) is 0 Å². The Bertz CT molecular complexity index is 522. The van der Waals surface area contributed by atoms with Crippen molar-refractivity contribution in [1.82, 2.24) is 9.97 Å². The summed E-state index contributed by atoms with van der Waals surface area (Å²) in [4.78, 5) is 11.4. The molecule has 2 rings (SSSR count). The molecule has 3 nitrogen and oxygen atoms in total. The molecule has 0 fully saturated rings. The Morgan fingerprint density at radius 2 is 1.95 bits per heavy atom. The third-order valence-electron chi connectivity index (χ3n) is 2.89. The van der Waals surface area contributed by atoms with Crippen LogP contribution in [0.15, 0.2) is 29.7 Å². The van der Waals surface area contributed by atoms with Crippen LogP contribution in [0.4, 0.5) is 0 Å². The summed E-state index contributed by atoms with van der Waals surface area (Å²) in [5.41, 5.74) is 7.34. The predicted molar refractivity (Wildman–Crippen MR) is 82.7 cm³/mol. The molecular weight excluding hydrogens is 274 g/mol. The number of hydrogen-bond donors (Lipinski definition) is 1. The van der Waals surface area contributed by atoms with Crippen molar-refractivity contribution in [2.45, 2.75) is 43.6 Å². The molecule has 0 spiro atoms. The fourth-order valence-electron chi connectivity index (χ4n) is 1.73. The summed E-state index contributed by atoms with van der Waals surface area (Å²) in [6.07, 6.45) is 4.65. The maximum atomic E-state index is 6.27. The molecule has 102 valence electrons. The number of aromatic nitrogens is 2. The molecule has 2 N–H and O–H groups in total. The molecule has 0 aromatic carbocycles. The molecule has 0 bridgehead atoms. The van der Waals surface area contributed by atoms with Crippen LogP contribution in [-0.2, 0) is 0 Å². The lowest BCUT2D eigenvalue weighted by Gasteiger charge is -2.20. The summed E-state index contributed by atoms with van der Waals surface area (Å²) < 4.78 is 0. The van der Waals surface area contributed by atoms with Gasteiger partial charge in [0.05, 0.1) is 5.25 Å². The van der Waals surface area contributed by atoms with E-state index in [2.05, 4.69) is 35.9 Å². The van der Waals surface area contributed by atoms with Gasteiger partial charge in [0, 0.05) is 28.2 Å². The SMILES string of the molecule is CCC(N)C(Sc1ncc(C)cn1)c1ccc(C)s1. The van der Waals surface area contributed by atoms with Gasteiger partial charge in [-0.1, -0.05) is 18.7 Å². The topological polar surface area (TPSA) is 51.8 Å². The third-order valence-corrected chi connectivity index (χ3v) is 5.40. The van der Waals surface area contributed by atoms with Crippen LogP contribution < -0.4 is 5.73 Å². The Hall–Kier alpha value is -0.910. The van der Waals surface area contributed by atoms with Crippen LogP contribution in [0.3, 0.4) is 0 Å². The fourth-order valence-corrected chi connectivity index (χ4v) is 3.97. The minimum atomic E-state index is 0.118. The van der Waals surface area contributed by atoms with Crippen molar-refractivity contribution < 1.29 is 0 Å². The van der Waals surface area contributed by atoms with E-state index in [-0.39, 0.29) is 11.3 Å². The molecule has 19 heavy (non-hydrogen) atoms. The zero-order chi connectivity index (χ0) is 13.8. The highest BCUT2D eigenvalue weighted by Gasteiger charge is 2.22. The summed E-state index contributed by atoms with van der Waals surface area (Å²) in [5, 5.41) is 1.02. The summed E-state index contributed by atoms with van der Waals surface area (Å²) >= 11 is 3.47. The first kappa shape index (κ1) is 14.5. The van der Waals surface area contributed by atoms with Crippen LogP contribution in [0, 0.1) is 13.8 Å². The number of thiophene rings is 1. The van der Waals surface area contributed by atoms with Crippen molar-refractivity contribution in [2.24, 2.45) is 5.73 Å². The summed E-state index contributed by atoms with van der Waals surface area (Å²) in [6, 6.07) is 4.43. The van der Waals surface area contributed by atoms with E-state index < -0.39 is 0 Å². The minimum Gasteiger partial charge on any atom is -0.326 e. The molecule has 0 amide bonds. The van der Waals surface area contributed by atoms with Crippen molar-refractivity contribution in [3.63, 3.8) is 0 Å². The Morgan fingerprint density at radius 1 is 1.26 bits per heavy atom. The number of aryl methyl sites for hydroxylation is 2. The van der Waals surface area contributed by atoms with Gasteiger partial charge >= 0.3 is 0 Å². The normalized spacial score (nSPS) is 14.3. The lowest BCUT2D eigenvalue weighted by molar-refractivity contribution is 0.638. The van der Waals surface area contributed by atoms with Gasteiger partial charge in [-0.15, -0.1) is 11.3 Å². The van der Waals surface area contributed by atoms with E-state index in [1.807, 2.05) is 19.3 Å². The van der Waals surface area contributed by atoms with E-state index in [9.17, 15) is 0 Å². The second-order valence-electron chi connectivity index (χ2n) is 4.60. The number of hydrogen-bond acceptors (Lipinski definition) is 5. The maximum absolute atomic E-state index is 6.27. The van der Waals surface area contributed by atoms with Gasteiger partial charge in [0.2, 0.25) is 0 Å². The van der Waals surface area contributed by atoms with Gasteiger partial charge < -0.3 is 5.73 Å². The second-order valence-corrected chi connectivity index (χ2v) is 7.03. The molecule has 0 aliphatic heterocycles. The number of rotatable bonds is 5. The van der Waals surface area contributed by atoms with Gasteiger partial charge in [-0.2, -0.15) is 0 Å². The van der Waals surface area contributed by atoms with Crippen molar-refractivity contribution in [2.75, 3.05) is 0 Å². The van der Waals surface area contributed by atoms with Crippen LogP contribution in [-0.4, -0.2) is 16.0 Å². The average Bonchev–Trinajstić information content (AvgIpc) is 2.83. The van der Waals surface area contributed by atoms with E-state index in [0.717, 1.165) is 17.1 Å². The zero-order valence-electron chi connectivity index (χ0n) is 11.5. The van der Waals surface area contributed by atoms with Gasteiger partial charge in [-0.05, 0) is 38.0 Å². The Kier molecular flexibility index (Phi) is 4.96. The smallest absolute Gasteiger partial charge is 0.188 e. The number of nitrogens with two attached hydrogens (primary N) is 1. The van der Waals surface area contributed by atoms with E-state index in [4.69, 9.17) is 5.73 Å². The highest BCUT2D eigenvalue weighted by Crippen LogP contribution is 2.39. The molecule has 2 atom stereocenters. The molecular formula is C14H19N3S2. The van der Waals surface area contributed by atoms with Crippen molar-refractivity contribution in [3.8, 4) is 0 Å².